The average Bonchev–Trinajstić information content (AvgIpc) is 3.31. The molecule has 0 atom stereocenters. The van der Waals surface area contributed by atoms with Crippen LogP contribution in [0.25, 0.3) is 21.9 Å². The molecule has 0 aliphatic carbocycles. The number of hydrogen-bond donors (Lipinski definition) is 0. The number of rotatable bonds is 7. The average molecular weight is 457 g/mol. The van der Waals surface area contributed by atoms with Gasteiger partial charge in [0.05, 0.1) is 32.3 Å². The Bertz CT molecular complexity index is 1550. The lowest BCUT2D eigenvalue weighted by Crippen LogP contribution is -2.05. The molecule has 0 aliphatic heterocycles. The van der Waals surface area contributed by atoms with E-state index in [0.717, 1.165) is 0 Å². The summed E-state index contributed by atoms with van der Waals surface area (Å²) in [5.74, 6) is 1.46. The van der Waals surface area contributed by atoms with Crippen molar-refractivity contribution in [2.24, 2.45) is 0 Å². The fourth-order valence-electron chi connectivity index (χ4n) is 3.87. The van der Waals surface area contributed by atoms with Crippen molar-refractivity contribution in [1.29, 1.82) is 0 Å². The summed E-state index contributed by atoms with van der Waals surface area (Å²) in [5, 5.41) is 9.14. The summed E-state index contributed by atoms with van der Waals surface area (Å²) < 4.78 is 24.3. The van der Waals surface area contributed by atoms with E-state index in [1.807, 2.05) is 18.3 Å². The summed E-state index contributed by atoms with van der Waals surface area (Å²) in [5.41, 5.74) is 3.71. The van der Waals surface area contributed by atoms with Crippen LogP contribution >= 0.6 is 0 Å². The van der Waals surface area contributed by atoms with Crippen LogP contribution in [0.4, 0.5) is 0 Å². The van der Waals surface area contributed by atoms with Crippen molar-refractivity contribution in [3.63, 3.8) is 0 Å². The third-order valence-electron chi connectivity index (χ3n) is 5.70. The fourth-order valence-corrected chi connectivity index (χ4v) is 3.87. The highest BCUT2D eigenvalue weighted by Gasteiger charge is 2.15. The second-order valence-corrected chi connectivity index (χ2v) is 7.91. The molecule has 0 amide bonds. The number of ether oxygens (including phenoxy) is 3. The topological polar surface area (TPSA) is 88.6 Å². The van der Waals surface area contributed by atoms with Crippen LogP contribution in [0.1, 0.15) is 16.8 Å². The molecule has 0 saturated carbocycles. The quantitative estimate of drug-likeness (QED) is 0.333. The maximum Gasteiger partial charge on any atom is 0.204 e. The second kappa shape index (κ2) is 8.90. The number of hydrogen-bond acceptors (Lipinski definition) is 7. The lowest BCUT2D eigenvalue weighted by Gasteiger charge is -2.10. The molecule has 5 aromatic rings. The molecule has 0 radical (unpaired) electrons. The monoisotopic (exact) mass is 457 g/mol. The molecule has 34 heavy (non-hydrogen) atoms. The maximum absolute atomic E-state index is 13.2. The van der Waals surface area contributed by atoms with Crippen LogP contribution in [0.5, 0.6) is 17.2 Å². The smallest absolute Gasteiger partial charge is 0.204 e. The summed E-state index contributed by atoms with van der Waals surface area (Å²) in [6.45, 7) is 2.93. The van der Waals surface area contributed by atoms with Gasteiger partial charge in [0.25, 0.3) is 0 Å². The van der Waals surface area contributed by atoms with E-state index in [4.69, 9.17) is 18.6 Å². The standard InChI is InChI=1S/C26H23N3O5/c1-16-6-4-5-7-17(16)13-29-14-18(27-28-29)15-33-19-8-9-22-21(10-19)26(30)25-23(32-3)11-20(31-2)12-24(25)34-22/h4-12,14H,13,15H2,1-3H3. The molecule has 0 saturated heterocycles. The van der Waals surface area contributed by atoms with Crippen LogP contribution < -0.4 is 19.6 Å². The van der Waals surface area contributed by atoms with E-state index in [1.165, 1.54) is 18.2 Å². The fraction of sp³-hybridized carbons (Fsp3) is 0.192. The second-order valence-electron chi connectivity index (χ2n) is 7.91. The van der Waals surface area contributed by atoms with Gasteiger partial charge in [-0.3, -0.25) is 4.79 Å². The molecule has 0 fully saturated rings. The van der Waals surface area contributed by atoms with Gasteiger partial charge in [0.2, 0.25) is 5.43 Å². The van der Waals surface area contributed by atoms with Crippen molar-refractivity contribution in [3.05, 3.63) is 87.8 Å². The van der Waals surface area contributed by atoms with E-state index in [0.29, 0.717) is 51.4 Å². The van der Waals surface area contributed by atoms with Gasteiger partial charge in [-0.05, 0) is 36.2 Å². The van der Waals surface area contributed by atoms with E-state index in [1.54, 1.807) is 42.1 Å². The largest absolute Gasteiger partial charge is 0.496 e. The first-order chi connectivity index (χ1) is 16.6. The maximum atomic E-state index is 13.2. The van der Waals surface area contributed by atoms with Crippen LogP contribution in [0, 0.1) is 6.92 Å². The normalized spacial score (nSPS) is 11.1. The molecule has 0 aliphatic rings. The molecule has 5 rings (SSSR count). The molecule has 0 unspecified atom stereocenters. The first kappa shape index (κ1) is 21.5. The van der Waals surface area contributed by atoms with E-state index in [-0.39, 0.29) is 12.0 Å². The van der Waals surface area contributed by atoms with Crippen molar-refractivity contribution >= 4 is 21.9 Å². The number of methoxy groups -OCH3 is 2. The van der Waals surface area contributed by atoms with Gasteiger partial charge in [0.15, 0.2) is 0 Å². The molecule has 0 N–H and O–H groups in total. The molecule has 172 valence electrons. The van der Waals surface area contributed by atoms with Crippen LogP contribution in [0.2, 0.25) is 0 Å². The molecule has 3 aromatic carbocycles. The number of aromatic nitrogens is 3. The van der Waals surface area contributed by atoms with Crippen molar-refractivity contribution in [3.8, 4) is 17.2 Å². The molecule has 2 aromatic heterocycles. The van der Waals surface area contributed by atoms with Gasteiger partial charge >= 0.3 is 0 Å². The lowest BCUT2D eigenvalue weighted by molar-refractivity contribution is 0.301. The van der Waals surface area contributed by atoms with Crippen molar-refractivity contribution in [2.75, 3.05) is 14.2 Å². The Hall–Kier alpha value is -4.33. The predicted octanol–water partition coefficient (Wildman–Crippen LogP) is 4.49. The first-order valence-corrected chi connectivity index (χ1v) is 10.7. The molecule has 0 bridgehead atoms. The third-order valence-corrected chi connectivity index (χ3v) is 5.70. The highest BCUT2D eigenvalue weighted by molar-refractivity contribution is 5.94. The van der Waals surface area contributed by atoms with Crippen LogP contribution in [-0.4, -0.2) is 29.2 Å². The Balaban J connectivity index is 1.39. The number of fused-ring (bicyclic) bond motifs is 2. The zero-order valence-corrected chi connectivity index (χ0v) is 19.1. The SMILES string of the molecule is COc1cc(OC)c2c(=O)c3cc(OCc4cn(Cc5ccccc5C)nn4)ccc3oc2c1. The summed E-state index contributed by atoms with van der Waals surface area (Å²) in [7, 11) is 3.05. The van der Waals surface area contributed by atoms with Gasteiger partial charge in [-0.25, -0.2) is 4.68 Å². The summed E-state index contributed by atoms with van der Waals surface area (Å²) in [4.78, 5) is 13.2. The highest BCUT2D eigenvalue weighted by atomic mass is 16.5. The van der Waals surface area contributed by atoms with Crippen LogP contribution in [0.15, 0.2) is 70.0 Å². The van der Waals surface area contributed by atoms with E-state index in [2.05, 4.69) is 29.4 Å². The van der Waals surface area contributed by atoms with E-state index >= 15 is 0 Å². The van der Waals surface area contributed by atoms with Gasteiger partial charge in [-0.15, -0.1) is 5.10 Å². The highest BCUT2D eigenvalue weighted by Crippen LogP contribution is 2.32. The Morgan fingerprint density at radius 3 is 2.62 bits per heavy atom. The van der Waals surface area contributed by atoms with Crippen LogP contribution in [0.3, 0.4) is 0 Å². The predicted molar refractivity (Wildman–Crippen MR) is 128 cm³/mol. The van der Waals surface area contributed by atoms with E-state index < -0.39 is 0 Å². The molecular formula is C26H23N3O5. The number of aryl methyl sites for hydroxylation is 1. The van der Waals surface area contributed by atoms with Crippen LogP contribution in [-0.2, 0) is 13.2 Å². The molecule has 8 heteroatoms. The Morgan fingerprint density at radius 2 is 1.82 bits per heavy atom. The Morgan fingerprint density at radius 1 is 0.971 bits per heavy atom. The number of benzene rings is 3. The third kappa shape index (κ3) is 4.05. The summed E-state index contributed by atoms with van der Waals surface area (Å²) in [6, 6.07) is 16.6. The molecule has 0 spiro atoms. The van der Waals surface area contributed by atoms with Gasteiger partial charge in [-0.2, -0.15) is 0 Å². The zero-order valence-electron chi connectivity index (χ0n) is 19.1. The van der Waals surface area contributed by atoms with Gasteiger partial charge in [0, 0.05) is 12.1 Å². The van der Waals surface area contributed by atoms with Crippen molar-refractivity contribution in [2.45, 2.75) is 20.1 Å². The minimum Gasteiger partial charge on any atom is -0.496 e. The lowest BCUT2D eigenvalue weighted by atomic mass is 10.1. The van der Waals surface area contributed by atoms with E-state index in [9.17, 15) is 4.79 Å². The van der Waals surface area contributed by atoms with Gasteiger partial charge in [0.1, 0.15) is 46.1 Å². The van der Waals surface area contributed by atoms with Gasteiger partial charge < -0.3 is 18.6 Å². The van der Waals surface area contributed by atoms with Crippen molar-refractivity contribution < 1.29 is 18.6 Å². The Kier molecular flexibility index (Phi) is 5.63. The minimum atomic E-state index is -0.203. The molecule has 8 nitrogen and oxygen atoms in total. The Labute approximate surface area is 195 Å². The molecular weight excluding hydrogens is 434 g/mol. The number of nitrogens with zero attached hydrogens (tertiary/aromatic N) is 3. The molecule has 2 heterocycles. The zero-order chi connectivity index (χ0) is 23.7. The summed E-state index contributed by atoms with van der Waals surface area (Å²) in [6.07, 6.45) is 1.85. The first-order valence-electron chi connectivity index (χ1n) is 10.7. The van der Waals surface area contributed by atoms with Crippen molar-refractivity contribution in [1.82, 2.24) is 15.0 Å². The van der Waals surface area contributed by atoms with Gasteiger partial charge in [-0.1, -0.05) is 29.5 Å². The minimum absolute atomic E-state index is 0.203. The summed E-state index contributed by atoms with van der Waals surface area (Å²) >= 11 is 0.